The maximum atomic E-state index is 11.3. The lowest BCUT2D eigenvalue weighted by atomic mass is 10.0. The van der Waals surface area contributed by atoms with Gasteiger partial charge in [0.25, 0.3) is 0 Å². The minimum Gasteiger partial charge on any atom is -0.295 e. The molecule has 0 aliphatic heterocycles. The summed E-state index contributed by atoms with van der Waals surface area (Å²) in [4.78, 5) is 15.3. The lowest BCUT2D eigenvalue weighted by Gasteiger charge is -2.04. The van der Waals surface area contributed by atoms with E-state index >= 15 is 0 Å². The summed E-state index contributed by atoms with van der Waals surface area (Å²) in [5.74, 6) is 0.00707. The Hall–Kier alpha value is -1.67. The molecule has 2 aromatic rings. The molecule has 0 fully saturated rings. The summed E-state index contributed by atoms with van der Waals surface area (Å²) in [6.07, 6.45) is 3.45. The number of aromatic nitrogens is 1. The normalized spacial score (nSPS) is 10.1. The first-order valence-electron chi connectivity index (χ1n) is 4.89. The summed E-state index contributed by atoms with van der Waals surface area (Å²) in [6, 6.07) is 9.10. The van der Waals surface area contributed by atoms with E-state index < -0.39 is 0 Å². The maximum absolute atomic E-state index is 11.3. The third-order valence-electron chi connectivity index (χ3n) is 2.30. The minimum atomic E-state index is 0.00707. The Morgan fingerprint density at radius 1 is 1.25 bits per heavy atom. The molecule has 0 spiro atoms. The van der Waals surface area contributed by atoms with E-state index in [0.29, 0.717) is 10.6 Å². The monoisotopic (exact) mass is 231 g/mol. The van der Waals surface area contributed by atoms with Crippen molar-refractivity contribution in [3.63, 3.8) is 0 Å². The molecule has 80 valence electrons. The lowest BCUT2D eigenvalue weighted by Crippen LogP contribution is -1.92. The van der Waals surface area contributed by atoms with Crippen molar-refractivity contribution in [1.29, 1.82) is 0 Å². The molecule has 1 aromatic heterocycles. The van der Waals surface area contributed by atoms with E-state index in [1.165, 1.54) is 6.92 Å². The van der Waals surface area contributed by atoms with Gasteiger partial charge in [0.1, 0.15) is 0 Å². The third-order valence-corrected chi connectivity index (χ3v) is 2.52. The Balaban J connectivity index is 2.54. The first kappa shape index (κ1) is 10.8. The van der Waals surface area contributed by atoms with Gasteiger partial charge in [0, 0.05) is 28.5 Å². The molecule has 0 saturated heterocycles. The molecule has 0 N–H and O–H groups in total. The Morgan fingerprint density at radius 3 is 2.69 bits per heavy atom. The molecule has 0 aliphatic rings. The van der Waals surface area contributed by atoms with Gasteiger partial charge in [-0.25, -0.2) is 0 Å². The quantitative estimate of drug-likeness (QED) is 0.739. The van der Waals surface area contributed by atoms with Crippen LogP contribution in [0.2, 0.25) is 5.02 Å². The largest absolute Gasteiger partial charge is 0.295 e. The number of ketones is 1. The fourth-order valence-corrected chi connectivity index (χ4v) is 1.73. The Morgan fingerprint density at radius 2 is 2.06 bits per heavy atom. The van der Waals surface area contributed by atoms with Gasteiger partial charge in [-0.05, 0) is 36.8 Å². The minimum absolute atomic E-state index is 0.00707. The zero-order chi connectivity index (χ0) is 11.5. The lowest BCUT2D eigenvalue weighted by molar-refractivity contribution is 0.101. The van der Waals surface area contributed by atoms with Crippen molar-refractivity contribution in [2.45, 2.75) is 6.92 Å². The number of hydrogen-bond donors (Lipinski definition) is 0. The van der Waals surface area contributed by atoms with Crippen LogP contribution < -0.4 is 0 Å². The van der Waals surface area contributed by atoms with Crippen LogP contribution in [-0.4, -0.2) is 10.8 Å². The summed E-state index contributed by atoms with van der Waals surface area (Å²) in [7, 11) is 0. The summed E-state index contributed by atoms with van der Waals surface area (Å²) in [5.41, 5.74) is 2.48. The molecular weight excluding hydrogens is 222 g/mol. The molecule has 2 rings (SSSR count). The standard InChI is InChI=1S/C13H10ClNO/c1-9(16)11-5-12(7-13(14)6-11)10-3-2-4-15-8-10/h2-8H,1H3. The Labute approximate surface area is 98.9 Å². The highest BCUT2D eigenvalue weighted by molar-refractivity contribution is 6.31. The molecule has 16 heavy (non-hydrogen) atoms. The van der Waals surface area contributed by atoms with Crippen molar-refractivity contribution >= 4 is 17.4 Å². The highest BCUT2D eigenvalue weighted by atomic mass is 35.5. The molecule has 0 unspecified atom stereocenters. The highest BCUT2D eigenvalue weighted by Crippen LogP contribution is 2.24. The van der Waals surface area contributed by atoms with E-state index in [1.807, 2.05) is 24.3 Å². The second-order valence-electron chi connectivity index (χ2n) is 3.53. The van der Waals surface area contributed by atoms with Crippen LogP contribution in [0.5, 0.6) is 0 Å². The molecule has 1 aromatic carbocycles. The molecule has 2 nitrogen and oxygen atoms in total. The van der Waals surface area contributed by atoms with Gasteiger partial charge in [0.05, 0.1) is 0 Å². The average Bonchev–Trinajstić information content (AvgIpc) is 2.29. The van der Waals surface area contributed by atoms with Crippen LogP contribution in [0.1, 0.15) is 17.3 Å². The number of rotatable bonds is 2. The summed E-state index contributed by atoms with van der Waals surface area (Å²) in [6.45, 7) is 1.53. The number of pyridine rings is 1. The van der Waals surface area contributed by atoms with Crippen molar-refractivity contribution in [1.82, 2.24) is 4.98 Å². The average molecular weight is 232 g/mol. The first-order valence-corrected chi connectivity index (χ1v) is 5.26. The molecule has 1 heterocycles. The predicted octanol–water partition coefficient (Wildman–Crippen LogP) is 3.60. The van der Waals surface area contributed by atoms with Crippen molar-refractivity contribution in [2.24, 2.45) is 0 Å². The molecule has 0 aliphatic carbocycles. The zero-order valence-electron chi connectivity index (χ0n) is 8.77. The predicted molar refractivity (Wildman–Crippen MR) is 64.7 cm³/mol. The number of hydrogen-bond acceptors (Lipinski definition) is 2. The fraction of sp³-hybridized carbons (Fsp3) is 0.0769. The summed E-state index contributed by atoms with van der Waals surface area (Å²) >= 11 is 5.97. The van der Waals surface area contributed by atoms with Gasteiger partial charge in [-0.2, -0.15) is 0 Å². The van der Waals surface area contributed by atoms with Crippen molar-refractivity contribution < 1.29 is 4.79 Å². The van der Waals surface area contributed by atoms with E-state index in [2.05, 4.69) is 4.98 Å². The van der Waals surface area contributed by atoms with Crippen LogP contribution in [0.4, 0.5) is 0 Å². The van der Waals surface area contributed by atoms with Crippen LogP contribution in [-0.2, 0) is 0 Å². The molecule has 0 amide bonds. The molecule has 0 saturated carbocycles. The summed E-state index contributed by atoms with van der Waals surface area (Å²) in [5, 5.41) is 0.562. The van der Waals surface area contributed by atoms with Gasteiger partial charge in [-0.3, -0.25) is 9.78 Å². The van der Waals surface area contributed by atoms with Crippen molar-refractivity contribution in [3.05, 3.63) is 53.3 Å². The molecule has 0 radical (unpaired) electrons. The molecule has 0 atom stereocenters. The van der Waals surface area contributed by atoms with Crippen LogP contribution in [0.15, 0.2) is 42.7 Å². The fourth-order valence-electron chi connectivity index (χ4n) is 1.49. The van der Waals surface area contributed by atoms with E-state index in [1.54, 1.807) is 18.5 Å². The van der Waals surface area contributed by atoms with E-state index in [9.17, 15) is 4.79 Å². The van der Waals surface area contributed by atoms with Crippen LogP contribution >= 0.6 is 11.6 Å². The van der Waals surface area contributed by atoms with Gasteiger partial charge in [0.15, 0.2) is 5.78 Å². The SMILES string of the molecule is CC(=O)c1cc(Cl)cc(-c2cccnc2)c1. The van der Waals surface area contributed by atoms with E-state index in [4.69, 9.17) is 11.6 Å². The van der Waals surface area contributed by atoms with Gasteiger partial charge < -0.3 is 0 Å². The number of Topliss-reactive ketones (excluding diaryl/α,β-unsaturated/α-hetero) is 1. The second kappa shape index (κ2) is 4.45. The van der Waals surface area contributed by atoms with Crippen molar-refractivity contribution in [2.75, 3.05) is 0 Å². The van der Waals surface area contributed by atoms with E-state index in [0.717, 1.165) is 11.1 Å². The van der Waals surface area contributed by atoms with Gasteiger partial charge in [0.2, 0.25) is 0 Å². The molecule has 0 bridgehead atoms. The number of halogens is 1. The second-order valence-corrected chi connectivity index (χ2v) is 3.96. The number of carbonyl (C=O) groups is 1. The van der Waals surface area contributed by atoms with Crippen LogP contribution in [0.3, 0.4) is 0 Å². The third kappa shape index (κ3) is 2.28. The smallest absolute Gasteiger partial charge is 0.159 e. The van der Waals surface area contributed by atoms with Gasteiger partial charge in [-0.15, -0.1) is 0 Å². The first-order chi connectivity index (χ1) is 7.66. The topological polar surface area (TPSA) is 30.0 Å². The Kier molecular flexibility index (Phi) is 3.02. The van der Waals surface area contributed by atoms with E-state index in [-0.39, 0.29) is 5.78 Å². The van der Waals surface area contributed by atoms with Gasteiger partial charge >= 0.3 is 0 Å². The number of benzene rings is 1. The molecule has 3 heteroatoms. The van der Waals surface area contributed by atoms with Crippen LogP contribution in [0, 0.1) is 0 Å². The van der Waals surface area contributed by atoms with Crippen molar-refractivity contribution in [3.8, 4) is 11.1 Å². The number of nitrogens with zero attached hydrogens (tertiary/aromatic N) is 1. The zero-order valence-corrected chi connectivity index (χ0v) is 9.53. The highest BCUT2D eigenvalue weighted by Gasteiger charge is 2.05. The summed E-state index contributed by atoms with van der Waals surface area (Å²) < 4.78 is 0. The van der Waals surface area contributed by atoms with Gasteiger partial charge in [-0.1, -0.05) is 17.7 Å². The number of carbonyl (C=O) groups excluding carboxylic acids is 1. The molecular formula is C13H10ClNO. The maximum Gasteiger partial charge on any atom is 0.159 e. The Bertz CT molecular complexity index is 523. The van der Waals surface area contributed by atoms with Crippen LogP contribution in [0.25, 0.3) is 11.1 Å².